The fourth-order valence-electron chi connectivity index (χ4n) is 1.86. The molecule has 9 heteroatoms. The van der Waals surface area contributed by atoms with Crippen LogP contribution < -0.4 is 20.6 Å². The first-order chi connectivity index (χ1) is 11.1. The normalized spacial score (nSPS) is 10.4. The van der Waals surface area contributed by atoms with E-state index in [0.717, 1.165) is 0 Å². The minimum atomic E-state index is -0.195. The van der Waals surface area contributed by atoms with Crippen LogP contribution in [0.3, 0.4) is 0 Å². The number of anilines is 1. The molecular weight excluding hydrogens is 318 g/mol. The van der Waals surface area contributed by atoms with Crippen LogP contribution in [0.1, 0.15) is 12.7 Å². The number of carbonyl (C=O) groups is 1. The fraction of sp³-hybridized carbons (Fsp3) is 0.357. The summed E-state index contributed by atoms with van der Waals surface area (Å²) in [4.78, 5) is 12.1. The summed E-state index contributed by atoms with van der Waals surface area (Å²) in [6, 6.07) is 5.17. The summed E-state index contributed by atoms with van der Waals surface area (Å²) in [5, 5.41) is 11.2. The van der Waals surface area contributed by atoms with Gasteiger partial charge in [0, 0.05) is 12.5 Å². The predicted octanol–water partition coefficient (Wildman–Crippen LogP) is 1.30. The van der Waals surface area contributed by atoms with Crippen LogP contribution in [-0.4, -0.2) is 40.8 Å². The van der Waals surface area contributed by atoms with Gasteiger partial charge in [0.1, 0.15) is 11.5 Å². The quantitative estimate of drug-likeness (QED) is 0.579. The Kier molecular flexibility index (Phi) is 5.69. The summed E-state index contributed by atoms with van der Waals surface area (Å²) < 4.78 is 11.8. The summed E-state index contributed by atoms with van der Waals surface area (Å²) in [7, 11) is 3.10. The topological polar surface area (TPSA) is 104 Å². The zero-order valence-corrected chi connectivity index (χ0v) is 14.0. The molecule has 0 saturated heterocycles. The van der Waals surface area contributed by atoms with Gasteiger partial charge < -0.3 is 20.6 Å². The minimum absolute atomic E-state index is 0.161. The SMILES string of the molecule is CCc1nnc(SCC(=O)Nc2ccc(OC)cc2OC)n1N. The third kappa shape index (κ3) is 4.07. The molecule has 124 valence electrons. The maximum Gasteiger partial charge on any atom is 0.234 e. The van der Waals surface area contributed by atoms with Crippen LogP contribution in [0.25, 0.3) is 0 Å². The number of amides is 1. The molecule has 2 rings (SSSR count). The van der Waals surface area contributed by atoms with Crippen molar-refractivity contribution in [3.63, 3.8) is 0 Å². The first-order valence-corrected chi connectivity index (χ1v) is 7.91. The molecule has 2 aromatic rings. The summed E-state index contributed by atoms with van der Waals surface area (Å²) in [6.45, 7) is 1.94. The average molecular weight is 337 g/mol. The van der Waals surface area contributed by atoms with Crippen LogP contribution >= 0.6 is 11.8 Å². The molecule has 0 aliphatic heterocycles. The summed E-state index contributed by atoms with van der Waals surface area (Å²) >= 11 is 1.22. The van der Waals surface area contributed by atoms with Gasteiger partial charge in [-0.15, -0.1) is 10.2 Å². The molecule has 23 heavy (non-hydrogen) atoms. The van der Waals surface area contributed by atoms with E-state index in [1.807, 2.05) is 6.92 Å². The molecule has 0 spiro atoms. The Morgan fingerprint density at radius 1 is 1.35 bits per heavy atom. The van der Waals surface area contributed by atoms with E-state index in [0.29, 0.717) is 34.6 Å². The highest BCUT2D eigenvalue weighted by atomic mass is 32.2. The van der Waals surface area contributed by atoms with Gasteiger partial charge in [-0.25, -0.2) is 4.68 Å². The second-order valence-corrected chi connectivity index (χ2v) is 5.47. The molecule has 0 bridgehead atoms. The number of thioether (sulfide) groups is 1. The summed E-state index contributed by atoms with van der Waals surface area (Å²) in [5.41, 5.74) is 0.572. The first-order valence-electron chi connectivity index (χ1n) is 6.93. The summed E-state index contributed by atoms with van der Waals surface area (Å²) in [5.74, 6) is 7.65. The smallest absolute Gasteiger partial charge is 0.234 e. The monoisotopic (exact) mass is 337 g/mol. The van der Waals surface area contributed by atoms with Crippen molar-refractivity contribution in [2.24, 2.45) is 0 Å². The molecule has 1 aromatic carbocycles. The van der Waals surface area contributed by atoms with E-state index < -0.39 is 0 Å². The Morgan fingerprint density at radius 2 is 2.13 bits per heavy atom. The number of hydrogen-bond acceptors (Lipinski definition) is 7. The molecule has 0 unspecified atom stereocenters. The van der Waals surface area contributed by atoms with Gasteiger partial charge in [-0.05, 0) is 12.1 Å². The van der Waals surface area contributed by atoms with Crippen LogP contribution in [0.4, 0.5) is 5.69 Å². The van der Waals surface area contributed by atoms with Gasteiger partial charge in [0.2, 0.25) is 11.1 Å². The molecular formula is C14H19N5O3S. The van der Waals surface area contributed by atoms with Gasteiger partial charge >= 0.3 is 0 Å². The zero-order valence-electron chi connectivity index (χ0n) is 13.2. The number of aromatic nitrogens is 3. The molecule has 1 aromatic heterocycles. The third-order valence-electron chi connectivity index (χ3n) is 3.07. The van der Waals surface area contributed by atoms with Crippen molar-refractivity contribution in [1.82, 2.24) is 14.9 Å². The predicted molar refractivity (Wildman–Crippen MR) is 88.5 cm³/mol. The largest absolute Gasteiger partial charge is 0.497 e. The van der Waals surface area contributed by atoms with Crippen molar-refractivity contribution in [2.45, 2.75) is 18.5 Å². The van der Waals surface area contributed by atoms with Crippen LogP contribution in [0.15, 0.2) is 23.4 Å². The number of ether oxygens (including phenoxy) is 2. The van der Waals surface area contributed by atoms with Gasteiger partial charge in [0.05, 0.1) is 25.7 Å². The Morgan fingerprint density at radius 3 is 2.74 bits per heavy atom. The van der Waals surface area contributed by atoms with Crippen LogP contribution in [0, 0.1) is 0 Å². The standard InChI is InChI=1S/C14H19N5O3S/c1-4-12-17-18-14(19(12)15)23-8-13(20)16-10-6-5-9(21-2)7-11(10)22-3/h5-7H,4,8,15H2,1-3H3,(H,16,20). The first kappa shape index (κ1) is 16.9. The second kappa shape index (κ2) is 7.73. The van der Waals surface area contributed by atoms with E-state index in [-0.39, 0.29) is 11.7 Å². The molecule has 0 fully saturated rings. The van der Waals surface area contributed by atoms with Gasteiger partial charge in [-0.3, -0.25) is 4.79 Å². The molecule has 3 N–H and O–H groups in total. The lowest BCUT2D eigenvalue weighted by atomic mass is 10.2. The molecule has 0 saturated carbocycles. The number of aryl methyl sites for hydroxylation is 1. The van der Waals surface area contributed by atoms with Gasteiger partial charge in [0.25, 0.3) is 0 Å². The van der Waals surface area contributed by atoms with Crippen LogP contribution in [0.2, 0.25) is 0 Å². The molecule has 0 atom stereocenters. The van der Waals surface area contributed by atoms with E-state index in [9.17, 15) is 4.79 Å². The number of nitrogen functional groups attached to an aromatic ring is 1. The number of nitrogens with zero attached hydrogens (tertiary/aromatic N) is 3. The van der Waals surface area contributed by atoms with Gasteiger partial charge in [0.15, 0.2) is 5.82 Å². The fourth-order valence-corrected chi connectivity index (χ4v) is 2.54. The number of rotatable bonds is 7. The number of nitrogens with two attached hydrogens (primary N) is 1. The van der Waals surface area contributed by atoms with Crippen LogP contribution in [-0.2, 0) is 11.2 Å². The van der Waals surface area contributed by atoms with E-state index in [1.165, 1.54) is 23.5 Å². The third-order valence-corrected chi connectivity index (χ3v) is 4.01. The maximum absolute atomic E-state index is 12.1. The van der Waals surface area contributed by atoms with Crippen molar-refractivity contribution in [3.8, 4) is 11.5 Å². The number of benzene rings is 1. The van der Waals surface area contributed by atoms with Crippen LogP contribution in [0.5, 0.6) is 11.5 Å². The number of carbonyl (C=O) groups excluding carboxylic acids is 1. The van der Waals surface area contributed by atoms with E-state index in [2.05, 4.69) is 15.5 Å². The number of methoxy groups -OCH3 is 2. The number of hydrogen-bond donors (Lipinski definition) is 2. The average Bonchev–Trinajstić information content (AvgIpc) is 2.93. The molecule has 0 aliphatic carbocycles. The Hall–Kier alpha value is -2.42. The molecule has 1 amide bonds. The highest BCUT2D eigenvalue weighted by Gasteiger charge is 2.13. The Bertz CT molecular complexity index is 689. The molecule has 8 nitrogen and oxygen atoms in total. The van der Waals surface area contributed by atoms with Crippen molar-refractivity contribution in [3.05, 3.63) is 24.0 Å². The molecule has 0 aliphatic rings. The lowest BCUT2D eigenvalue weighted by Gasteiger charge is -2.11. The molecule has 1 heterocycles. The second-order valence-electron chi connectivity index (χ2n) is 4.53. The van der Waals surface area contributed by atoms with Gasteiger partial charge in [-0.2, -0.15) is 0 Å². The van der Waals surface area contributed by atoms with Crippen molar-refractivity contribution in [1.29, 1.82) is 0 Å². The highest BCUT2D eigenvalue weighted by molar-refractivity contribution is 7.99. The number of nitrogens with one attached hydrogen (secondary N) is 1. The minimum Gasteiger partial charge on any atom is -0.497 e. The van der Waals surface area contributed by atoms with E-state index in [1.54, 1.807) is 25.3 Å². The van der Waals surface area contributed by atoms with E-state index >= 15 is 0 Å². The zero-order chi connectivity index (χ0) is 16.8. The van der Waals surface area contributed by atoms with Gasteiger partial charge in [-0.1, -0.05) is 18.7 Å². The maximum atomic E-state index is 12.1. The highest BCUT2D eigenvalue weighted by Crippen LogP contribution is 2.29. The lowest BCUT2D eigenvalue weighted by Crippen LogP contribution is -2.17. The Labute approximate surface area is 138 Å². The van der Waals surface area contributed by atoms with E-state index in [4.69, 9.17) is 15.3 Å². The van der Waals surface area contributed by atoms with Crippen molar-refractivity contribution in [2.75, 3.05) is 31.1 Å². The van der Waals surface area contributed by atoms with Crippen molar-refractivity contribution >= 4 is 23.4 Å². The lowest BCUT2D eigenvalue weighted by molar-refractivity contribution is -0.113. The molecule has 0 radical (unpaired) electrons. The van der Waals surface area contributed by atoms with Crippen molar-refractivity contribution < 1.29 is 14.3 Å². The Balaban J connectivity index is 1.98. The summed E-state index contributed by atoms with van der Waals surface area (Å²) in [6.07, 6.45) is 0.680.